The average Bonchev–Trinajstić information content (AvgIpc) is 2.95. The molecule has 2 rings (SSSR count). The summed E-state index contributed by atoms with van der Waals surface area (Å²) in [7, 11) is 0. The molecule has 212 valence electrons. The van der Waals surface area contributed by atoms with E-state index in [9.17, 15) is 0 Å². The molecule has 0 atom stereocenters. The van der Waals surface area contributed by atoms with Crippen molar-refractivity contribution in [3.63, 3.8) is 0 Å². The molecule has 0 unspecified atom stereocenters. The van der Waals surface area contributed by atoms with Gasteiger partial charge in [-0.1, -0.05) is 190 Å². The normalized spacial score (nSPS) is 10.5. The zero-order chi connectivity index (χ0) is 26.5. The molecule has 2 heteroatoms. The Balaban J connectivity index is 0.000000868. The first kappa shape index (κ1) is 37.4. The van der Waals surface area contributed by atoms with Crippen molar-refractivity contribution in [2.75, 3.05) is 13.2 Å². The molecule has 2 aromatic carbocycles. The van der Waals surface area contributed by atoms with Gasteiger partial charge in [0.15, 0.2) is 0 Å². The second kappa shape index (κ2) is 30.9. The van der Waals surface area contributed by atoms with Gasteiger partial charge in [-0.3, -0.25) is 0 Å². The quantitative estimate of drug-likeness (QED) is 0.102. The Labute approximate surface area is 260 Å². The minimum absolute atomic E-state index is 0. The summed E-state index contributed by atoms with van der Waals surface area (Å²) in [6, 6.07) is 20.8. The Hall–Kier alpha value is -0.600. The largest absolute Gasteiger partial charge is 0.0622 e. The molecule has 0 fully saturated rings. The maximum Gasteiger partial charge on any atom is -0.0184 e. The van der Waals surface area contributed by atoms with Gasteiger partial charge in [-0.15, -0.1) is 0 Å². The van der Waals surface area contributed by atoms with Crippen LogP contribution in [0.2, 0.25) is 0 Å². The third-order valence-electron chi connectivity index (χ3n) is 7.17. The van der Waals surface area contributed by atoms with Crippen molar-refractivity contribution in [2.24, 2.45) is 0 Å². The van der Waals surface area contributed by atoms with Gasteiger partial charge in [0, 0.05) is 13.2 Å². The third kappa shape index (κ3) is 24.4. The van der Waals surface area contributed by atoms with Crippen LogP contribution in [0.4, 0.5) is 0 Å². The first-order valence-corrected chi connectivity index (χ1v) is 16.1. The summed E-state index contributed by atoms with van der Waals surface area (Å²) < 4.78 is 5.78. The van der Waals surface area contributed by atoms with Crippen LogP contribution in [0.25, 0.3) is 11.1 Å². The molecule has 0 aromatic heterocycles. The van der Waals surface area contributed by atoms with Crippen LogP contribution in [0.3, 0.4) is 0 Å². The molecule has 0 aliphatic heterocycles. The maximum atomic E-state index is 5.78. The van der Waals surface area contributed by atoms with E-state index in [0.717, 1.165) is 13.2 Å². The molecule has 0 heterocycles. The SMILES string of the molecule is CCCCCCCCCCCCOCCCCCCCCCCCC.[NaH].c1ccc(-c2ccccc2)cc1. The van der Waals surface area contributed by atoms with Crippen LogP contribution >= 0.6 is 0 Å². The number of benzene rings is 2. The molecule has 0 saturated carbocycles. The number of unbranched alkanes of at least 4 members (excludes halogenated alkanes) is 18. The Morgan fingerprint density at radius 1 is 0.368 bits per heavy atom. The van der Waals surface area contributed by atoms with E-state index in [4.69, 9.17) is 4.74 Å². The summed E-state index contributed by atoms with van der Waals surface area (Å²) in [5.74, 6) is 0. The maximum absolute atomic E-state index is 5.78. The summed E-state index contributed by atoms with van der Waals surface area (Å²) in [5, 5.41) is 0. The standard InChI is InChI=1S/C24H50O.C12H10.Na.H/c1-3-5-7-9-11-13-15-17-19-21-23-25-24-22-20-18-16-14-12-10-8-6-4-2;1-3-7-11(8-4-1)12-9-5-2-6-10-12;;/h3-24H2,1-2H3;1-10H;;. The molecular formula is C36H61NaO. The van der Waals surface area contributed by atoms with Crippen molar-refractivity contribution in [1.29, 1.82) is 0 Å². The molecule has 0 aliphatic carbocycles. The van der Waals surface area contributed by atoms with Gasteiger partial charge in [0.1, 0.15) is 0 Å². The topological polar surface area (TPSA) is 9.23 Å². The predicted molar refractivity (Wildman–Crippen MR) is 174 cm³/mol. The van der Waals surface area contributed by atoms with E-state index < -0.39 is 0 Å². The van der Waals surface area contributed by atoms with Crippen molar-refractivity contribution in [3.05, 3.63) is 60.7 Å². The fourth-order valence-electron chi connectivity index (χ4n) is 4.75. The van der Waals surface area contributed by atoms with Crippen LogP contribution in [-0.4, -0.2) is 42.8 Å². The number of ether oxygens (including phenoxy) is 1. The molecule has 2 aromatic rings. The number of hydrogen-bond donors (Lipinski definition) is 0. The number of rotatable bonds is 23. The molecule has 0 amide bonds. The van der Waals surface area contributed by atoms with E-state index in [1.165, 1.54) is 140 Å². The Kier molecular flexibility index (Phi) is 30.4. The van der Waals surface area contributed by atoms with E-state index in [1.54, 1.807) is 0 Å². The molecule has 0 saturated heterocycles. The summed E-state index contributed by atoms with van der Waals surface area (Å²) >= 11 is 0. The van der Waals surface area contributed by atoms with Crippen LogP contribution in [-0.2, 0) is 4.74 Å². The first-order chi connectivity index (χ1) is 18.4. The Morgan fingerprint density at radius 3 is 0.921 bits per heavy atom. The minimum atomic E-state index is 0. The smallest absolute Gasteiger partial charge is 0.0184 e. The van der Waals surface area contributed by atoms with E-state index in [0.29, 0.717) is 0 Å². The van der Waals surface area contributed by atoms with Gasteiger partial charge in [-0.25, -0.2) is 0 Å². The molecule has 0 radical (unpaired) electrons. The summed E-state index contributed by atoms with van der Waals surface area (Å²) in [6.07, 6.45) is 28.2. The van der Waals surface area contributed by atoms with Gasteiger partial charge < -0.3 is 4.74 Å². The van der Waals surface area contributed by atoms with Gasteiger partial charge in [-0.2, -0.15) is 0 Å². The second-order valence-corrected chi connectivity index (χ2v) is 10.7. The molecule has 0 spiro atoms. The zero-order valence-electron chi connectivity index (χ0n) is 24.7. The van der Waals surface area contributed by atoms with Crippen molar-refractivity contribution < 1.29 is 4.74 Å². The Bertz CT molecular complexity index is 613. The molecule has 1 nitrogen and oxygen atoms in total. The first-order valence-electron chi connectivity index (χ1n) is 16.1. The predicted octanol–water partition coefficient (Wildman–Crippen LogP) is 11.5. The second-order valence-electron chi connectivity index (χ2n) is 10.7. The molecule has 38 heavy (non-hydrogen) atoms. The van der Waals surface area contributed by atoms with Crippen LogP contribution in [0.15, 0.2) is 60.7 Å². The van der Waals surface area contributed by atoms with Crippen LogP contribution in [0.5, 0.6) is 0 Å². The van der Waals surface area contributed by atoms with Gasteiger partial charge >= 0.3 is 29.6 Å². The van der Waals surface area contributed by atoms with Gasteiger partial charge in [0.2, 0.25) is 0 Å². The van der Waals surface area contributed by atoms with Crippen LogP contribution in [0.1, 0.15) is 142 Å². The van der Waals surface area contributed by atoms with Crippen LogP contribution < -0.4 is 0 Å². The van der Waals surface area contributed by atoms with Crippen molar-refractivity contribution in [1.82, 2.24) is 0 Å². The van der Waals surface area contributed by atoms with Gasteiger partial charge in [0.05, 0.1) is 0 Å². The fourth-order valence-corrected chi connectivity index (χ4v) is 4.75. The van der Waals surface area contributed by atoms with Crippen LogP contribution in [0, 0.1) is 0 Å². The summed E-state index contributed by atoms with van der Waals surface area (Å²) in [4.78, 5) is 0. The monoisotopic (exact) mass is 532 g/mol. The van der Waals surface area contributed by atoms with Gasteiger partial charge in [-0.05, 0) is 24.0 Å². The molecule has 0 N–H and O–H groups in total. The zero-order valence-corrected chi connectivity index (χ0v) is 24.7. The van der Waals surface area contributed by atoms with E-state index in [2.05, 4.69) is 62.4 Å². The Morgan fingerprint density at radius 2 is 0.632 bits per heavy atom. The van der Waals surface area contributed by atoms with Crippen molar-refractivity contribution in [2.45, 2.75) is 142 Å². The summed E-state index contributed by atoms with van der Waals surface area (Å²) in [6.45, 7) is 6.57. The number of hydrogen-bond acceptors (Lipinski definition) is 1. The molecular weight excluding hydrogens is 471 g/mol. The van der Waals surface area contributed by atoms with Crippen molar-refractivity contribution in [3.8, 4) is 11.1 Å². The third-order valence-corrected chi connectivity index (χ3v) is 7.17. The van der Waals surface area contributed by atoms with Crippen molar-refractivity contribution >= 4 is 29.6 Å². The molecule has 0 aliphatic rings. The molecule has 0 bridgehead atoms. The minimum Gasteiger partial charge on any atom is -0.0622 e. The van der Waals surface area contributed by atoms with E-state index >= 15 is 0 Å². The van der Waals surface area contributed by atoms with Gasteiger partial charge in [0.25, 0.3) is 0 Å². The summed E-state index contributed by atoms with van der Waals surface area (Å²) in [5.41, 5.74) is 2.55. The fraction of sp³-hybridized carbons (Fsp3) is 0.667. The van der Waals surface area contributed by atoms with E-state index in [-0.39, 0.29) is 29.6 Å². The van der Waals surface area contributed by atoms with E-state index in [1.807, 2.05) is 12.1 Å². The average molecular weight is 533 g/mol.